The van der Waals surface area contributed by atoms with E-state index in [0.717, 1.165) is 18.5 Å². The van der Waals surface area contributed by atoms with E-state index in [-0.39, 0.29) is 5.82 Å². The van der Waals surface area contributed by atoms with Crippen molar-refractivity contribution in [2.24, 2.45) is 10.7 Å². The third kappa shape index (κ3) is 5.56. The van der Waals surface area contributed by atoms with Crippen LogP contribution in [-0.4, -0.2) is 17.5 Å². The molecule has 3 N–H and O–H groups in total. The zero-order valence-electron chi connectivity index (χ0n) is 14.1. The first-order valence-electron chi connectivity index (χ1n) is 8.13. The number of halogens is 1. The smallest absolute Gasteiger partial charge is 0.219 e. The van der Waals surface area contributed by atoms with Crippen molar-refractivity contribution < 1.29 is 9.13 Å². The van der Waals surface area contributed by atoms with Crippen LogP contribution in [0.25, 0.3) is 0 Å². The van der Waals surface area contributed by atoms with Gasteiger partial charge in [0, 0.05) is 23.7 Å². The molecule has 0 bridgehead atoms. The van der Waals surface area contributed by atoms with Crippen LogP contribution in [0.1, 0.15) is 10.4 Å². The second-order valence-electron chi connectivity index (χ2n) is 5.52. The molecule has 0 saturated heterocycles. The van der Waals surface area contributed by atoms with E-state index in [0.29, 0.717) is 24.1 Å². The number of pyridine rings is 1. The number of guanidine groups is 1. The number of hydrogen-bond acceptors (Lipinski definition) is 4. The maximum Gasteiger partial charge on any atom is 0.219 e. The van der Waals surface area contributed by atoms with E-state index in [1.54, 1.807) is 35.7 Å². The van der Waals surface area contributed by atoms with Crippen molar-refractivity contribution in [3.8, 4) is 11.6 Å². The molecule has 0 aliphatic carbocycles. The Morgan fingerprint density at radius 3 is 2.85 bits per heavy atom. The molecule has 134 valence electrons. The van der Waals surface area contributed by atoms with Crippen molar-refractivity contribution in [2.75, 3.05) is 6.54 Å². The van der Waals surface area contributed by atoms with Crippen molar-refractivity contribution in [3.05, 3.63) is 76.4 Å². The molecule has 2 aromatic heterocycles. The Labute approximate surface area is 155 Å². The standard InChI is InChI=1S/C19H19FN4OS/c20-15-3-5-16(6-4-15)25-18-12-14(7-9-22-18)13-24-19(21)23-10-8-17-2-1-11-26-17/h1-7,9,11-12H,8,10,13H2,(H3,21,23,24). The zero-order chi connectivity index (χ0) is 18.2. The molecule has 5 nitrogen and oxygen atoms in total. The average Bonchev–Trinajstić information content (AvgIpc) is 3.16. The highest BCUT2D eigenvalue weighted by Gasteiger charge is 2.02. The fourth-order valence-electron chi connectivity index (χ4n) is 2.23. The summed E-state index contributed by atoms with van der Waals surface area (Å²) in [5.74, 6) is 1.04. The molecule has 7 heteroatoms. The van der Waals surface area contributed by atoms with Gasteiger partial charge in [-0.05, 0) is 53.8 Å². The number of aromatic nitrogens is 1. The molecule has 0 unspecified atom stereocenters. The second-order valence-corrected chi connectivity index (χ2v) is 6.55. The third-order valence-electron chi connectivity index (χ3n) is 3.52. The lowest BCUT2D eigenvalue weighted by atomic mass is 10.2. The number of benzene rings is 1. The van der Waals surface area contributed by atoms with Gasteiger partial charge in [-0.2, -0.15) is 0 Å². The lowest BCUT2D eigenvalue weighted by molar-refractivity contribution is 0.460. The summed E-state index contributed by atoms with van der Waals surface area (Å²) in [7, 11) is 0. The number of thiophene rings is 1. The highest BCUT2D eigenvalue weighted by molar-refractivity contribution is 7.09. The number of rotatable bonds is 7. The van der Waals surface area contributed by atoms with E-state index in [1.165, 1.54) is 17.0 Å². The topological polar surface area (TPSA) is 72.5 Å². The summed E-state index contributed by atoms with van der Waals surface area (Å²) < 4.78 is 18.5. The highest BCUT2D eigenvalue weighted by atomic mass is 32.1. The van der Waals surface area contributed by atoms with Gasteiger partial charge in [-0.25, -0.2) is 14.4 Å². The van der Waals surface area contributed by atoms with Crippen LogP contribution in [-0.2, 0) is 13.0 Å². The number of nitrogens with two attached hydrogens (primary N) is 1. The molecule has 1 aromatic carbocycles. The fourth-order valence-corrected chi connectivity index (χ4v) is 2.94. The summed E-state index contributed by atoms with van der Waals surface area (Å²) in [6.45, 7) is 1.16. The van der Waals surface area contributed by atoms with E-state index in [2.05, 4.69) is 26.7 Å². The van der Waals surface area contributed by atoms with Gasteiger partial charge in [-0.3, -0.25) is 0 Å². The molecule has 26 heavy (non-hydrogen) atoms. The van der Waals surface area contributed by atoms with Crippen LogP contribution in [0.3, 0.4) is 0 Å². The van der Waals surface area contributed by atoms with Gasteiger partial charge in [-0.15, -0.1) is 11.3 Å². The molecule has 3 aromatic rings. The van der Waals surface area contributed by atoms with Crippen molar-refractivity contribution in [2.45, 2.75) is 13.0 Å². The first-order chi connectivity index (χ1) is 12.7. The summed E-state index contributed by atoms with van der Waals surface area (Å²) in [6.07, 6.45) is 2.56. The molecule has 0 aliphatic heterocycles. The van der Waals surface area contributed by atoms with Crippen LogP contribution < -0.4 is 15.8 Å². The van der Waals surface area contributed by atoms with E-state index >= 15 is 0 Å². The summed E-state index contributed by atoms with van der Waals surface area (Å²) in [4.78, 5) is 9.79. The van der Waals surface area contributed by atoms with Gasteiger partial charge in [0.25, 0.3) is 0 Å². The molecule has 0 aliphatic rings. The molecule has 0 saturated carbocycles. The Balaban J connectivity index is 1.51. The lowest BCUT2D eigenvalue weighted by Gasteiger charge is -2.07. The van der Waals surface area contributed by atoms with Gasteiger partial charge in [0.1, 0.15) is 11.6 Å². The number of aliphatic imine (C=N–C) groups is 1. The van der Waals surface area contributed by atoms with Crippen molar-refractivity contribution in [1.82, 2.24) is 10.3 Å². The molecule has 0 spiro atoms. The first kappa shape index (κ1) is 17.9. The van der Waals surface area contributed by atoms with Crippen LogP contribution in [0.15, 0.2) is 65.1 Å². The van der Waals surface area contributed by atoms with E-state index < -0.39 is 0 Å². The Bertz CT molecular complexity index is 850. The molecule has 3 rings (SSSR count). The van der Waals surface area contributed by atoms with Crippen LogP contribution >= 0.6 is 11.3 Å². The summed E-state index contributed by atoms with van der Waals surface area (Å²) in [5, 5.41) is 5.16. The molecule has 2 heterocycles. The van der Waals surface area contributed by atoms with Crippen molar-refractivity contribution >= 4 is 17.3 Å². The highest BCUT2D eigenvalue weighted by Crippen LogP contribution is 2.20. The number of hydrogen-bond donors (Lipinski definition) is 2. The maximum atomic E-state index is 12.9. The fraction of sp³-hybridized carbons (Fsp3) is 0.158. The predicted octanol–water partition coefficient (Wildman–Crippen LogP) is 3.72. The van der Waals surface area contributed by atoms with Gasteiger partial charge in [0.15, 0.2) is 5.96 Å². The molecule has 0 amide bonds. The third-order valence-corrected chi connectivity index (χ3v) is 4.46. The monoisotopic (exact) mass is 370 g/mol. The number of nitrogens with one attached hydrogen (secondary N) is 1. The van der Waals surface area contributed by atoms with Crippen LogP contribution in [0.5, 0.6) is 11.6 Å². The minimum Gasteiger partial charge on any atom is -0.439 e. The predicted molar refractivity (Wildman–Crippen MR) is 102 cm³/mol. The quantitative estimate of drug-likeness (QED) is 0.491. The molecule has 0 atom stereocenters. The first-order valence-corrected chi connectivity index (χ1v) is 9.01. The maximum absolute atomic E-state index is 12.9. The largest absolute Gasteiger partial charge is 0.439 e. The van der Waals surface area contributed by atoms with Gasteiger partial charge < -0.3 is 15.8 Å². The van der Waals surface area contributed by atoms with E-state index in [4.69, 9.17) is 10.5 Å². The molecule has 0 radical (unpaired) electrons. The zero-order valence-corrected chi connectivity index (χ0v) is 14.9. The van der Waals surface area contributed by atoms with Crippen LogP contribution in [0.2, 0.25) is 0 Å². The van der Waals surface area contributed by atoms with Gasteiger partial charge in [-0.1, -0.05) is 6.07 Å². The summed E-state index contributed by atoms with van der Waals surface area (Å²) in [5.41, 5.74) is 6.81. The van der Waals surface area contributed by atoms with Gasteiger partial charge in [0.05, 0.1) is 6.54 Å². The molecule has 0 fully saturated rings. The lowest BCUT2D eigenvalue weighted by Crippen LogP contribution is -2.33. The minimum absolute atomic E-state index is 0.310. The Kier molecular flexibility index (Phi) is 6.16. The minimum atomic E-state index is -0.310. The van der Waals surface area contributed by atoms with Crippen LogP contribution in [0, 0.1) is 5.82 Å². The number of nitrogens with zero attached hydrogens (tertiary/aromatic N) is 2. The average molecular weight is 370 g/mol. The van der Waals surface area contributed by atoms with Gasteiger partial charge in [0.2, 0.25) is 5.88 Å². The van der Waals surface area contributed by atoms with Gasteiger partial charge >= 0.3 is 0 Å². The van der Waals surface area contributed by atoms with Crippen molar-refractivity contribution in [3.63, 3.8) is 0 Å². The summed E-state index contributed by atoms with van der Waals surface area (Å²) >= 11 is 1.73. The Morgan fingerprint density at radius 1 is 1.23 bits per heavy atom. The van der Waals surface area contributed by atoms with E-state index in [1.807, 2.05) is 12.1 Å². The van der Waals surface area contributed by atoms with Crippen molar-refractivity contribution in [1.29, 1.82) is 0 Å². The second kappa shape index (κ2) is 8.96. The summed E-state index contributed by atoms with van der Waals surface area (Å²) in [6, 6.07) is 13.5. The molecular weight excluding hydrogens is 351 g/mol. The Hall–Kier alpha value is -2.93. The SMILES string of the molecule is NC(=NCc1ccnc(Oc2ccc(F)cc2)c1)NCCc1cccs1. The van der Waals surface area contributed by atoms with E-state index in [9.17, 15) is 4.39 Å². The molecular formula is C19H19FN4OS. The Morgan fingerprint density at radius 2 is 2.08 bits per heavy atom. The normalized spacial score (nSPS) is 11.3. The number of ether oxygens (including phenoxy) is 1. The van der Waals surface area contributed by atoms with Crippen LogP contribution in [0.4, 0.5) is 4.39 Å².